The van der Waals surface area contributed by atoms with Gasteiger partial charge in [0, 0.05) is 37.4 Å². The third-order valence-electron chi connectivity index (χ3n) is 4.51. The van der Waals surface area contributed by atoms with Crippen LogP contribution in [0.25, 0.3) is 0 Å². The molecule has 0 saturated carbocycles. The number of piperidine rings is 1. The van der Waals surface area contributed by atoms with Gasteiger partial charge in [-0.2, -0.15) is 0 Å². The summed E-state index contributed by atoms with van der Waals surface area (Å²) in [5.41, 5.74) is 0.213. The Morgan fingerprint density at radius 3 is 2.33 bits per heavy atom. The molecule has 1 unspecified atom stereocenters. The maximum atomic E-state index is 12.3. The minimum Gasteiger partial charge on any atom is -0.508 e. The number of ether oxygens (including phenoxy) is 1. The summed E-state index contributed by atoms with van der Waals surface area (Å²) in [7, 11) is 0. The van der Waals surface area contributed by atoms with Gasteiger partial charge < -0.3 is 25.2 Å². The number of hydrogen-bond acceptors (Lipinski definition) is 5. The molecule has 2 heterocycles. The molecule has 130 valence electrons. The molecule has 0 radical (unpaired) electrons. The zero-order valence-electron chi connectivity index (χ0n) is 13.4. The van der Waals surface area contributed by atoms with Crippen LogP contribution in [0.5, 0.6) is 11.5 Å². The molecule has 0 aromatic heterocycles. The molecule has 2 fully saturated rings. The Morgan fingerprint density at radius 1 is 1.08 bits per heavy atom. The third kappa shape index (κ3) is 3.79. The molecule has 0 spiro atoms. The van der Waals surface area contributed by atoms with Gasteiger partial charge in [0.2, 0.25) is 0 Å². The Morgan fingerprint density at radius 2 is 1.75 bits per heavy atom. The van der Waals surface area contributed by atoms with Gasteiger partial charge in [0.25, 0.3) is 11.8 Å². The summed E-state index contributed by atoms with van der Waals surface area (Å²) in [6.45, 7) is 1.84. The summed E-state index contributed by atoms with van der Waals surface area (Å²) >= 11 is 0. The van der Waals surface area contributed by atoms with Gasteiger partial charge in [0.15, 0.2) is 0 Å². The highest BCUT2D eigenvalue weighted by Gasteiger charge is 2.31. The number of nitrogens with zero attached hydrogens (tertiary/aromatic N) is 1. The van der Waals surface area contributed by atoms with E-state index < -0.39 is 0 Å². The van der Waals surface area contributed by atoms with E-state index in [2.05, 4.69) is 5.32 Å². The molecule has 24 heavy (non-hydrogen) atoms. The van der Waals surface area contributed by atoms with Crippen LogP contribution in [0.2, 0.25) is 0 Å². The van der Waals surface area contributed by atoms with Crippen molar-refractivity contribution >= 4 is 11.8 Å². The van der Waals surface area contributed by atoms with Gasteiger partial charge in [-0.3, -0.25) is 9.59 Å². The maximum Gasteiger partial charge on any atom is 0.251 e. The molecule has 3 rings (SSSR count). The summed E-state index contributed by atoms with van der Waals surface area (Å²) in [6, 6.07) is 3.76. The summed E-state index contributed by atoms with van der Waals surface area (Å²) in [5, 5.41) is 21.8. The average molecular weight is 334 g/mol. The Bertz CT molecular complexity index is 599. The van der Waals surface area contributed by atoms with Crippen LogP contribution in [-0.4, -0.2) is 58.8 Å². The van der Waals surface area contributed by atoms with E-state index in [-0.39, 0.29) is 41.0 Å². The molecule has 1 aromatic carbocycles. The van der Waals surface area contributed by atoms with Crippen LogP contribution in [0, 0.1) is 0 Å². The smallest absolute Gasteiger partial charge is 0.251 e. The zero-order valence-corrected chi connectivity index (χ0v) is 13.4. The molecule has 2 aliphatic heterocycles. The standard InChI is InChI=1S/C17H22N2O5/c20-13-8-11(9-14(21)10-13)16(22)18-12-3-5-19(6-4-12)17(23)15-2-1-7-24-15/h8-10,12,15,20-21H,1-7H2,(H,18,22). The monoisotopic (exact) mass is 334 g/mol. The van der Waals surface area contributed by atoms with Crippen molar-refractivity contribution < 1.29 is 24.5 Å². The normalized spacial score (nSPS) is 21.7. The molecule has 1 atom stereocenters. The summed E-state index contributed by atoms with van der Waals surface area (Å²) in [6.07, 6.45) is 2.77. The lowest BCUT2D eigenvalue weighted by Crippen LogP contribution is -2.49. The predicted molar refractivity (Wildman–Crippen MR) is 85.8 cm³/mol. The Hall–Kier alpha value is -2.28. The minimum absolute atomic E-state index is 0.0319. The van der Waals surface area contributed by atoms with Crippen molar-refractivity contribution in [2.24, 2.45) is 0 Å². The maximum absolute atomic E-state index is 12.3. The van der Waals surface area contributed by atoms with Crippen LogP contribution >= 0.6 is 0 Å². The van der Waals surface area contributed by atoms with Crippen molar-refractivity contribution in [2.45, 2.75) is 37.8 Å². The topological polar surface area (TPSA) is 99.1 Å². The van der Waals surface area contributed by atoms with Crippen molar-refractivity contribution in [2.75, 3.05) is 19.7 Å². The van der Waals surface area contributed by atoms with Crippen molar-refractivity contribution in [3.8, 4) is 11.5 Å². The fourth-order valence-electron chi connectivity index (χ4n) is 3.22. The molecular formula is C17H22N2O5. The largest absolute Gasteiger partial charge is 0.508 e. The molecule has 0 bridgehead atoms. The van der Waals surface area contributed by atoms with Gasteiger partial charge in [-0.15, -0.1) is 0 Å². The number of nitrogens with one attached hydrogen (secondary N) is 1. The molecule has 3 N–H and O–H groups in total. The van der Waals surface area contributed by atoms with E-state index in [1.54, 1.807) is 4.90 Å². The zero-order chi connectivity index (χ0) is 17.1. The third-order valence-corrected chi connectivity index (χ3v) is 4.51. The van der Waals surface area contributed by atoms with E-state index in [9.17, 15) is 19.8 Å². The second kappa shape index (κ2) is 7.09. The lowest BCUT2D eigenvalue weighted by Gasteiger charge is -2.33. The fraction of sp³-hybridized carbons (Fsp3) is 0.529. The first-order chi connectivity index (χ1) is 11.5. The van der Waals surface area contributed by atoms with Gasteiger partial charge in [-0.25, -0.2) is 0 Å². The van der Waals surface area contributed by atoms with Crippen molar-refractivity contribution in [3.63, 3.8) is 0 Å². The van der Waals surface area contributed by atoms with Crippen molar-refractivity contribution in [3.05, 3.63) is 23.8 Å². The van der Waals surface area contributed by atoms with E-state index in [0.717, 1.165) is 12.8 Å². The first-order valence-electron chi connectivity index (χ1n) is 8.27. The number of amides is 2. The van der Waals surface area contributed by atoms with Gasteiger partial charge >= 0.3 is 0 Å². The van der Waals surface area contributed by atoms with E-state index in [1.165, 1.54) is 18.2 Å². The molecule has 7 nitrogen and oxygen atoms in total. The van der Waals surface area contributed by atoms with Gasteiger partial charge in [-0.05, 0) is 37.8 Å². The second-order valence-corrected chi connectivity index (χ2v) is 6.31. The van der Waals surface area contributed by atoms with Crippen LogP contribution in [0.4, 0.5) is 0 Å². The first kappa shape index (κ1) is 16.6. The van der Waals surface area contributed by atoms with Crippen LogP contribution in [0.3, 0.4) is 0 Å². The number of aromatic hydroxyl groups is 2. The number of phenolic OH excluding ortho intramolecular Hbond substituents is 2. The fourth-order valence-corrected chi connectivity index (χ4v) is 3.22. The lowest BCUT2D eigenvalue weighted by molar-refractivity contribution is -0.142. The molecule has 2 saturated heterocycles. The van der Waals surface area contributed by atoms with Gasteiger partial charge in [0.1, 0.15) is 17.6 Å². The number of likely N-dealkylation sites (tertiary alicyclic amines) is 1. The van der Waals surface area contributed by atoms with E-state index in [4.69, 9.17) is 4.74 Å². The summed E-state index contributed by atoms with van der Waals surface area (Å²) < 4.78 is 5.43. The summed E-state index contributed by atoms with van der Waals surface area (Å²) in [5.74, 6) is -0.602. The molecular weight excluding hydrogens is 312 g/mol. The Balaban J connectivity index is 1.51. The number of carbonyl (C=O) groups excluding carboxylic acids is 2. The minimum atomic E-state index is -0.342. The molecule has 2 aliphatic rings. The summed E-state index contributed by atoms with van der Waals surface area (Å²) in [4.78, 5) is 26.3. The molecule has 0 aliphatic carbocycles. The Labute approximate surface area is 140 Å². The van der Waals surface area contributed by atoms with E-state index in [0.29, 0.717) is 32.5 Å². The van der Waals surface area contributed by atoms with Crippen LogP contribution in [0.15, 0.2) is 18.2 Å². The average Bonchev–Trinajstić information content (AvgIpc) is 3.08. The highest BCUT2D eigenvalue weighted by atomic mass is 16.5. The lowest BCUT2D eigenvalue weighted by atomic mass is 10.0. The number of rotatable bonds is 3. The van der Waals surface area contributed by atoms with Crippen LogP contribution < -0.4 is 5.32 Å². The highest BCUT2D eigenvalue weighted by Crippen LogP contribution is 2.21. The quantitative estimate of drug-likeness (QED) is 0.766. The number of benzene rings is 1. The van der Waals surface area contributed by atoms with Gasteiger partial charge in [0.05, 0.1) is 0 Å². The predicted octanol–water partition coefficient (Wildman–Crippen LogP) is 0.998. The second-order valence-electron chi connectivity index (χ2n) is 6.31. The number of hydrogen-bond donors (Lipinski definition) is 3. The van der Waals surface area contributed by atoms with Crippen molar-refractivity contribution in [1.82, 2.24) is 10.2 Å². The van der Waals surface area contributed by atoms with Gasteiger partial charge in [-0.1, -0.05) is 0 Å². The number of phenols is 2. The molecule has 2 amide bonds. The van der Waals surface area contributed by atoms with E-state index >= 15 is 0 Å². The Kier molecular flexibility index (Phi) is 4.89. The van der Waals surface area contributed by atoms with Crippen molar-refractivity contribution in [1.29, 1.82) is 0 Å². The molecule has 7 heteroatoms. The van der Waals surface area contributed by atoms with Crippen LogP contribution in [-0.2, 0) is 9.53 Å². The van der Waals surface area contributed by atoms with E-state index in [1.807, 2.05) is 0 Å². The molecule has 1 aromatic rings. The SMILES string of the molecule is O=C(NC1CCN(C(=O)C2CCCO2)CC1)c1cc(O)cc(O)c1. The van der Waals surface area contributed by atoms with Crippen LogP contribution in [0.1, 0.15) is 36.0 Å². The number of carbonyl (C=O) groups is 2. The first-order valence-corrected chi connectivity index (χ1v) is 8.27. The highest BCUT2D eigenvalue weighted by molar-refractivity contribution is 5.95.